The second-order valence-corrected chi connectivity index (χ2v) is 8.56. The fourth-order valence-electron chi connectivity index (χ4n) is 3.53. The Kier molecular flexibility index (Phi) is 8.19. The summed E-state index contributed by atoms with van der Waals surface area (Å²) >= 11 is 0. The van der Waals surface area contributed by atoms with Crippen molar-refractivity contribution in [2.75, 3.05) is 29.1 Å². The molecule has 2 heterocycles. The second-order valence-electron chi connectivity index (χ2n) is 8.56. The highest BCUT2D eigenvalue weighted by Crippen LogP contribution is 2.23. The van der Waals surface area contributed by atoms with Crippen LogP contribution in [0.3, 0.4) is 0 Å². The third-order valence-electron chi connectivity index (χ3n) is 5.32. The van der Waals surface area contributed by atoms with Gasteiger partial charge in [0.1, 0.15) is 17.5 Å². The molecule has 0 aliphatic heterocycles. The summed E-state index contributed by atoms with van der Waals surface area (Å²) in [4.78, 5) is 11.3. The first-order valence-electron chi connectivity index (χ1n) is 11.4. The Morgan fingerprint density at radius 3 is 2.42 bits per heavy atom. The molecule has 0 saturated carbocycles. The van der Waals surface area contributed by atoms with E-state index in [9.17, 15) is 0 Å². The quantitative estimate of drug-likeness (QED) is 0.330. The number of rotatable bonds is 11. The minimum Gasteiger partial charge on any atom is -0.365 e. The number of hydrogen-bond donors (Lipinski definition) is 3. The average Bonchev–Trinajstić information content (AvgIpc) is 2.82. The van der Waals surface area contributed by atoms with Crippen molar-refractivity contribution in [2.24, 2.45) is 5.92 Å². The minimum absolute atomic E-state index is 0.273. The van der Waals surface area contributed by atoms with Crippen LogP contribution in [0, 0.1) is 11.3 Å². The van der Waals surface area contributed by atoms with Crippen molar-refractivity contribution in [1.82, 2.24) is 9.97 Å². The zero-order chi connectivity index (χ0) is 23.8. The number of pyridine rings is 2. The van der Waals surface area contributed by atoms with E-state index < -0.39 is 0 Å². The first-order valence-corrected chi connectivity index (χ1v) is 11.4. The summed E-state index contributed by atoms with van der Waals surface area (Å²) in [6.07, 6.45) is 2.73. The second kappa shape index (κ2) is 11.3. The number of nitrogens with zero attached hydrogens (tertiary/aromatic N) is 3. The van der Waals surface area contributed by atoms with Crippen LogP contribution < -0.4 is 15.5 Å². The Balaban J connectivity index is 1.85. The van der Waals surface area contributed by atoms with E-state index in [0.717, 1.165) is 24.3 Å². The van der Waals surface area contributed by atoms with E-state index in [-0.39, 0.29) is 5.71 Å². The molecular formula is C27H34N6. The number of hydrogen-bond acceptors (Lipinski definition) is 6. The van der Waals surface area contributed by atoms with E-state index in [0.29, 0.717) is 35.4 Å². The molecule has 0 saturated heterocycles. The number of nitrogens with one attached hydrogen (secondary N) is 3. The summed E-state index contributed by atoms with van der Waals surface area (Å²) in [5, 5.41) is 15.3. The van der Waals surface area contributed by atoms with Crippen molar-refractivity contribution < 1.29 is 0 Å². The Morgan fingerprint density at radius 1 is 1.06 bits per heavy atom. The maximum absolute atomic E-state index is 8.77. The van der Waals surface area contributed by atoms with Gasteiger partial charge in [0.05, 0.1) is 11.4 Å². The monoisotopic (exact) mass is 442 g/mol. The molecule has 6 heteroatoms. The zero-order valence-corrected chi connectivity index (χ0v) is 20.0. The highest BCUT2D eigenvalue weighted by Gasteiger charge is 2.16. The van der Waals surface area contributed by atoms with Crippen molar-refractivity contribution >= 4 is 23.2 Å². The fourth-order valence-corrected chi connectivity index (χ4v) is 3.53. The molecule has 0 aliphatic carbocycles. The smallest absolute Gasteiger partial charge is 0.138 e. The number of aromatic nitrogens is 2. The van der Waals surface area contributed by atoms with Gasteiger partial charge < -0.3 is 15.5 Å². The molecule has 0 bridgehead atoms. The summed E-state index contributed by atoms with van der Waals surface area (Å²) in [6.45, 7) is 12.1. The average molecular weight is 443 g/mol. The molecular weight excluding hydrogens is 408 g/mol. The Bertz CT molecular complexity index is 1070. The molecule has 1 aromatic carbocycles. The van der Waals surface area contributed by atoms with Crippen LogP contribution in [0.5, 0.6) is 0 Å². The minimum atomic E-state index is 0.273. The number of benzene rings is 1. The largest absolute Gasteiger partial charge is 0.365 e. The third kappa shape index (κ3) is 6.65. The SMILES string of the molecule is C=C(Nc1ccccn1)C(=N)c1ccc(N(C)CC(C)C)nc1NCc1ccc(CC)cc1. The van der Waals surface area contributed by atoms with Gasteiger partial charge in [-0.15, -0.1) is 0 Å². The summed E-state index contributed by atoms with van der Waals surface area (Å²) in [6, 6.07) is 18.1. The van der Waals surface area contributed by atoms with Crippen molar-refractivity contribution in [3.8, 4) is 0 Å². The Labute approximate surface area is 197 Å². The summed E-state index contributed by atoms with van der Waals surface area (Å²) in [5.74, 6) is 2.70. The fraction of sp³-hybridized carbons (Fsp3) is 0.296. The molecule has 33 heavy (non-hydrogen) atoms. The third-order valence-corrected chi connectivity index (χ3v) is 5.32. The van der Waals surface area contributed by atoms with Crippen LogP contribution in [0.15, 0.2) is 73.1 Å². The van der Waals surface area contributed by atoms with E-state index >= 15 is 0 Å². The van der Waals surface area contributed by atoms with Gasteiger partial charge in [0, 0.05) is 31.9 Å². The van der Waals surface area contributed by atoms with Crippen LogP contribution in [-0.2, 0) is 13.0 Å². The molecule has 0 unspecified atom stereocenters. The number of anilines is 3. The molecule has 0 fully saturated rings. The molecule has 3 rings (SSSR count). The van der Waals surface area contributed by atoms with E-state index in [2.05, 4.69) is 72.1 Å². The summed E-state index contributed by atoms with van der Waals surface area (Å²) < 4.78 is 0. The van der Waals surface area contributed by atoms with Crippen LogP contribution in [0.2, 0.25) is 0 Å². The van der Waals surface area contributed by atoms with Crippen molar-refractivity contribution in [3.63, 3.8) is 0 Å². The lowest BCUT2D eigenvalue weighted by atomic mass is 10.1. The molecule has 172 valence electrons. The maximum atomic E-state index is 8.77. The van der Waals surface area contributed by atoms with Gasteiger partial charge in [0.25, 0.3) is 0 Å². The van der Waals surface area contributed by atoms with E-state index in [1.807, 2.05) is 37.4 Å². The molecule has 6 nitrogen and oxygen atoms in total. The first-order chi connectivity index (χ1) is 15.9. The van der Waals surface area contributed by atoms with Crippen molar-refractivity contribution in [1.29, 1.82) is 5.41 Å². The zero-order valence-electron chi connectivity index (χ0n) is 20.0. The molecule has 2 aromatic heterocycles. The van der Waals surface area contributed by atoms with Crippen molar-refractivity contribution in [2.45, 2.75) is 33.7 Å². The molecule has 0 spiro atoms. The van der Waals surface area contributed by atoms with Gasteiger partial charge in [0.15, 0.2) is 0 Å². The lowest BCUT2D eigenvalue weighted by Gasteiger charge is -2.22. The first kappa shape index (κ1) is 24.0. The topological polar surface area (TPSA) is 76.9 Å². The van der Waals surface area contributed by atoms with Gasteiger partial charge in [-0.2, -0.15) is 0 Å². The standard InChI is InChI=1S/C27H34N6/c1-6-21-10-12-22(13-11-21)17-30-27-23(14-15-25(32-27)33(5)18-19(2)3)26(28)20(4)31-24-9-7-8-16-29-24/h7-16,19,28H,4,6,17-18H2,1-3,5H3,(H,29,31)(H,30,32). The van der Waals surface area contributed by atoms with Crippen LogP contribution in [0.1, 0.15) is 37.5 Å². The van der Waals surface area contributed by atoms with Gasteiger partial charge in [-0.1, -0.05) is 57.7 Å². The highest BCUT2D eigenvalue weighted by molar-refractivity contribution is 6.14. The molecule has 0 amide bonds. The van der Waals surface area contributed by atoms with Crippen LogP contribution >= 0.6 is 0 Å². The Morgan fingerprint density at radius 2 is 1.79 bits per heavy atom. The lowest BCUT2D eigenvalue weighted by molar-refractivity contribution is 0.635. The van der Waals surface area contributed by atoms with Crippen molar-refractivity contribution in [3.05, 3.63) is 89.8 Å². The molecule has 0 radical (unpaired) electrons. The van der Waals surface area contributed by atoms with Crippen LogP contribution in [-0.4, -0.2) is 29.3 Å². The lowest BCUT2D eigenvalue weighted by Crippen LogP contribution is -2.24. The van der Waals surface area contributed by atoms with Crippen LogP contribution in [0.25, 0.3) is 0 Å². The van der Waals surface area contributed by atoms with Gasteiger partial charge in [-0.05, 0) is 47.7 Å². The number of allylic oxidation sites excluding steroid dienone is 1. The number of aryl methyl sites for hydroxylation is 1. The highest BCUT2D eigenvalue weighted by atomic mass is 15.2. The molecule has 0 atom stereocenters. The molecule has 3 N–H and O–H groups in total. The maximum Gasteiger partial charge on any atom is 0.138 e. The molecule has 3 aromatic rings. The van der Waals surface area contributed by atoms with Gasteiger partial charge in [-0.3, -0.25) is 5.41 Å². The van der Waals surface area contributed by atoms with Gasteiger partial charge >= 0.3 is 0 Å². The van der Waals surface area contributed by atoms with Gasteiger partial charge in [0.2, 0.25) is 0 Å². The normalized spacial score (nSPS) is 10.7. The van der Waals surface area contributed by atoms with E-state index in [1.54, 1.807) is 6.20 Å². The molecule has 0 aliphatic rings. The predicted octanol–water partition coefficient (Wildman–Crippen LogP) is 5.74. The van der Waals surface area contributed by atoms with E-state index in [1.165, 1.54) is 5.56 Å². The van der Waals surface area contributed by atoms with E-state index in [4.69, 9.17) is 10.4 Å². The van der Waals surface area contributed by atoms with Gasteiger partial charge in [-0.25, -0.2) is 9.97 Å². The summed E-state index contributed by atoms with van der Waals surface area (Å²) in [5.41, 5.74) is 3.91. The van der Waals surface area contributed by atoms with Crippen LogP contribution in [0.4, 0.5) is 17.5 Å². The predicted molar refractivity (Wildman–Crippen MR) is 139 cm³/mol. The Hall–Kier alpha value is -3.67. The summed E-state index contributed by atoms with van der Waals surface area (Å²) in [7, 11) is 2.04.